The number of halogens is 3. The Kier molecular flexibility index (Phi) is 5.35. The highest BCUT2D eigenvalue weighted by atomic mass is 19.4. The average molecular weight is 454 g/mol. The minimum absolute atomic E-state index is 0.201. The third-order valence-electron chi connectivity index (χ3n) is 5.82. The fourth-order valence-corrected chi connectivity index (χ4v) is 4.29. The van der Waals surface area contributed by atoms with Gasteiger partial charge < -0.3 is 9.88 Å². The molecule has 170 valence electrons. The summed E-state index contributed by atoms with van der Waals surface area (Å²) in [5.41, 5.74) is 3.40. The van der Waals surface area contributed by atoms with Gasteiger partial charge in [0, 0.05) is 44.1 Å². The molecule has 0 fully saturated rings. The largest absolute Gasteiger partial charge is 0.389 e. The van der Waals surface area contributed by atoms with Gasteiger partial charge in [-0.3, -0.25) is 4.79 Å². The molecule has 0 saturated carbocycles. The normalized spacial score (nSPS) is 14.0. The standard InChI is InChI=1S/C23H21F3N6O/c24-23(25,26)10-4-7-19(33)20-17-13-31(22-16-8-11-27-21(16)28-14-29-22)12-9-18(17)32(30-20)15-5-2-1-3-6-15/h1-3,5-6,8,11,14H,4,7,9-10,12-13H2,(H,27,28,29). The Labute approximate surface area is 187 Å². The maximum atomic E-state index is 13.0. The maximum absolute atomic E-state index is 13.0. The van der Waals surface area contributed by atoms with Gasteiger partial charge in [-0.05, 0) is 24.6 Å². The number of rotatable bonds is 6. The number of hydrogen-bond donors (Lipinski definition) is 1. The number of Topliss-reactive ketones (excluding diaryl/α,β-unsaturated/α-hetero) is 1. The Hall–Kier alpha value is -3.69. The number of aromatic nitrogens is 5. The monoisotopic (exact) mass is 454 g/mol. The van der Waals surface area contributed by atoms with Crippen molar-refractivity contribution in [2.24, 2.45) is 0 Å². The molecule has 1 aromatic carbocycles. The molecule has 4 aromatic rings. The van der Waals surface area contributed by atoms with Crippen molar-refractivity contribution in [3.8, 4) is 5.69 Å². The van der Waals surface area contributed by atoms with E-state index in [1.54, 1.807) is 10.9 Å². The van der Waals surface area contributed by atoms with Crippen molar-refractivity contribution in [3.63, 3.8) is 0 Å². The van der Waals surface area contributed by atoms with Crippen molar-refractivity contribution >= 4 is 22.6 Å². The quantitative estimate of drug-likeness (QED) is 0.430. The molecule has 1 N–H and O–H groups in total. The van der Waals surface area contributed by atoms with Gasteiger partial charge in [-0.15, -0.1) is 0 Å². The van der Waals surface area contributed by atoms with Gasteiger partial charge in [0.2, 0.25) is 0 Å². The van der Waals surface area contributed by atoms with Crippen molar-refractivity contribution in [3.05, 3.63) is 65.9 Å². The first-order chi connectivity index (χ1) is 15.9. The third kappa shape index (κ3) is 4.20. The van der Waals surface area contributed by atoms with Gasteiger partial charge in [-0.25, -0.2) is 14.6 Å². The van der Waals surface area contributed by atoms with Crippen LogP contribution in [0.5, 0.6) is 0 Å². The molecule has 1 aliphatic heterocycles. The Morgan fingerprint density at radius 2 is 1.94 bits per heavy atom. The number of alkyl halides is 3. The molecule has 0 radical (unpaired) electrons. The number of benzene rings is 1. The van der Waals surface area contributed by atoms with Gasteiger partial charge in [0.05, 0.1) is 16.8 Å². The first-order valence-electron chi connectivity index (χ1n) is 10.7. The Morgan fingerprint density at radius 1 is 1.12 bits per heavy atom. The van der Waals surface area contributed by atoms with E-state index >= 15 is 0 Å². The molecule has 1 aliphatic rings. The van der Waals surface area contributed by atoms with Gasteiger partial charge in [0.15, 0.2) is 5.78 Å². The van der Waals surface area contributed by atoms with Crippen LogP contribution in [0.4, 0.5) is 19.0 Å². The van der Waals surface area contributed by atoms with Gasteiger partial charge in [0.25, 0.3) is 0 Å². The summed E-state index contributed by atoms with van der Waals surface area (Å²) < 4.78 is 39.5. The fourth-order valence-electron chi connectivity index (χ4n) is 4.29. The number of hydrogen-bond acceptors (Lipinski definition) is 5. The van der Waals surface area contributed by atoms with Crippen LogP contribution in [-0.2, 0) is 13.0 Å². The molecule has 33 heavy (non-hydrogen) atoms. The first-order valence-corrected chi connectivity index (χ1v) is 10.7. The first kappa shape index (κ1) is 21.2. The molecule has 10 heteroatoms. The molecule has 4 heterocycles. The lowest BCUT2D eigenvalue weighted by atomic mass is 10.0. The summed E-state index contributed by atoms with van der Waals surface area (Å²) in [6.45, 7) is 1.05. The van der Waals surface area contributed by atoms with Crippen LogP contribution in [0, 0.1) is 0 Å². The van der Waals surface area contributed by atoms with Crippen molar-refractivity contribution in [2.45, 2.75) is 38.4 Å². The van der Waals surface area contributed by atoms with Gasteiger partial charge in [0.1, 0.15) is 23.5 Å². The predicted molar refractivity (Wildman–Crippen MR) is 116 cm³/mol. The summed E-state index contributed by atoms with van der Waals surface area (Å²) in [5.74, 6) is 0.372. The number of nitrogens with zero attached hydrogens (tertiary/aromatic N) is 5. The van der Waals surface area contributed by atoms with E-state index in [0.29, 0.717) is 25.2 Å². The van der Waals surface area contributed by atoms with Gasteiger partial charge >= 0.3 is 6.18 Å². The maximum Gasteiger partial charge on any atom is 0.389 e. The lowest BCUT2D eigenvalue weighted by molar-refractivity contribution is -0.135. The minimum atomic E-state index is -4.28. The second kappa shape index (κ2) is 8.34. The number of H-pyrrole nitrogens is 1. The molecule has 7 nitrogen and oxygen atoms in total. The van der Waals surface area contributed by atoms with Crippen molar-refractivity contribution in [2.75, 3.05) is 11.4 Å². The van der Waals surface area contributed by atoms with Crippen LogP contribution in [0.2, 0.25) is 0 Å². The molecule has 0 bridgehead atoms. The average Bonchev–Trinajstić information content (AvgIpc) is 3.43. The topological polar surface area (TPSA) is 79.7 Å². The highest BCUT2D eigenvalue weighted by Crippen LogP contribution is 2.32. The molecular weight excluding hydrogens is 433 g/mol. The lowest BCUT2D eigenvalue weighted by Gasteiger charge is -2.29. The zero-order valence-electron chi connectivity index (χ0n) is 17.6. The van der Waals surface area contributed by atoms with E-state index < -0.39 is 12.6 Å². The number of fused-ring (bicyclic) bond motifs is 2. The molecule has 0 spiro atoms. The number of ketones is 1. The van der Waals surface area contributed by atoms with Crippen LogP contribution in [0.1, 0.15) is 41.0 Å². The molecule has 3 aromatic heterocycles. The van der Waals surface area contributed by atoms with Crippen LogP contribution >= 0.6 is 0 Å². The van der Waals surface area contributed by atoms with E-state index in [-0.39, 0.29) is 24.3 Å². The molecule has 0 amide bonds. The Morgan fingerprint density at radius 3 is 2.73 bits per heavy atom. The van der Waals surface area contributed by atoms with Crippen molar-refractivity contribution in [1.82, 2.24) is 24.7 Å². The number of para-hydroxylation sites is 1. The zero-order valence-corrected chi connectivity index (χ0v) is 17.6. The highest BCUT2D eigenvalue weighted by Gasteiger charge is 2.31. The predicted octanol–water partition coefficient (Wildman–Crippen LogP) is 4.62. The summed E-state index contributed by atoms with van der Waals surface area (Å²) in [4.78, 5) is 26.8. The van der Waals surface area contributed by atoms with Crippen LogP contribution < -0.4 is 4.90 Å². The number of nitrogens with one attached hydrogen (secondary N) is 1. The van der Waals surface area contributed by atoms with E-state index in [1.807, 2.05) is 36.4 Å². The molecular formula is C23H21F3N6O. The van der Waals surface area contributed by atoms with Crippen LogP contribution in [0.3, 0.4) is 0 Å². The third-order valence-corrected chi connectivity index (χ3v) is 5.82. The molecule has 5 rings (SSSR count). The van der Waals surface area contributed by atoms with Crippen LogP contribution in [0.15, 0.2) is 48.9 Å². The smallest absolute Gasteiger partial charge is 0.351 e. The minimum Gasteiger partial charge on any atom is -0.351 e. The summed E-state index contributed by atoms with van der Waals surface area (Å²) in [6.07, 6.45) is -1.83. The van der Waals surface area contributed by atoms with E-state index in [2.05, 4.69) is 25.0 Å². The fraction of sp³-hybridized carbons (Fsp3) is 0.304. The summed E-state index contributed by atoms with van der Waals surface area (Å²) >= 11 is 0. The Balaban J connectivity index is 1.50. The molecule has 0 saturated heterocycles. The van der Waals surface area contributed by atoms with E-state index in [4.69, 9.17) is 0 Å². The second-order valence-corrected chi connectivity index (χ2v) is 8.02. The molecule has 0 aliphatic carbocycles. The number of aromatic amines is 1. The summed E-state index contributed by atoms with van der Waals surface area (Å²) in [5, 5.41) is 5.45. The summed E-state index contributed by atoms with van der Waals surface area (Å²) in [7, 11) is 0. The number of carbonyl (C=O) groups is 1. The summed E-state index contributed by atoms with van der Waals surface area (Å²) in [6, 6.07) is 11.3. The van der Waals surface area contributed by atoms with Crippen LogP contribution in [-0.4, -0.2) is 43.2 Å². The van der Waals surface area contributed by atoms with Gasteiger partial charge in [-0.2, -0.15) is 18.3 Å². The zero-order chi connectivity index (χ0) is 23.0. The SMILES string of the molecule is O=C(CCCC(F)(F)F)c1nn(-c2ccccc2)c2c1CN(c1ncnc3[nH]ccc13)CC2. The Bertz CT molecular complexity index is 1290. The van der Waals surface area contributed by atoms with E-state index in [1.165, 1.54) is 6.33 Å². The lowest BCUT2D eigenvalue weighted by Crippen LogP contribution is -2.32. The van der Waals surface area contributed by atoms with Crippen molar-refractivity contribution in [1.29, 1.82) is 0 Å². The van der Waals surface area contributed by atoms with Gasteiger partial charge in [-0.1, -0.05) is 18.2 Å². The van der Waals surface area contributed by atoms with E-state index in [9.17, 15) is 18.0 Å². The second-order valence-electron chi connectivity index (χ2n) is 8.02. The number of anilines is 1. The molecule has 0 atom stereocenters. The molecule has 0 unspecified atom stereocenters. The highest BCUT2D eigenvalue weighted by molar-refractivity contribution is 5.96. The number of carbonyl (C=O) groups excluding carboxylic acids is 1. The van der Waals surface area contributed by atoms with Crippen molar-refractivity contribution < 1.29 is 18.0 Å². The van der Waals surface area contributed by atoms with E-state index in [0.717, 1.165) is 28.1 Å². The van der Waals surface area contributed by atoms with Crippen LogP contribution in [0.25, 0.3) is 16.7 Å².